The third kappa shape index (κ3) is 4.79. The van der Waals surface area contributed by atoms with Crippen LogP contribution in [0.3, 0.4) is 0 Å². The molecule has 2 aromatic carbocycles. The van der Waals surface area contributed by atoms with Gasteiger partial charge in [0.2, 0.25) is 15.9 Å². The van der Waals surface area contributed by atoms with Crippen LogP contribution in [0.15, 0.2) is 42.5 Å². The molecule has 9 heteroatoms. The molecule has 0 aliphatic carbocycles. The van der Waals surface area contributed by atoms with Crippen molar-refractivity contribution in [3.8, 4) is 17.2 Å². The Morgan fingerprint density at radius 3 is 2.33 bits per heavy atom. The number of amides is 1. The Bertz CT molecular complexity index is 1010. The Labute approximate surface area is 177 Å². The Morgan fingerprint density at radius 1 is 1.10 bits per heavy atom. The number of nitrogens with zero attached hydrogens (tertiary/aromatic N) is 2. The van der Waals surface area contributed by atoms with E-state index in [1.54, 1.807) is 39.3 Å². The lowest BCUT2D eigenvalue weighted by molar-refractivity contribution is -0.131. The first kappa shape index (κ1) is 21.8. The molecule has 1 amide bonds. The highest BCUT2D eigenvalue weighted by molar-refractivity contribution is 7.92. The molecule has 0 unspecified atom stereocenters. The molecule has 0 aromatic heterocycles. The number of carbonyl (C=O) groups excluding carboxylic acids is 1. The lowest BCUT2D eigenvalue weighted by Gasteiger charge is -2.32. The number of likely N-dealkylation sites (N-methyl/N-ethyl adjacent to an activating group) is 1. The van der Waals surface area contributed by atoms with Gasteiger partial charge in [0.15, 0.2) is 11.5 Å². The fourth-order valence-corrected chi connectivity index (χ4v) is 4.53. The zero-order valence-corrected chi connectivity index (χ0v) is 18.3. The summed E-state index contributed by atoms with van der Waals surface area (Å²) in [6.45, 7) is 2.73. The molecular weight excluding hydrogens is 408 g/mol. The van der Waals surface area contributed by atoms with Crippen LogP contribution >= 0.6 is 0 Å². The van der Waals surface area contributed by atoms with Crippen molar-refractivity contribution < 1.29 is 27.4 Å². The molecular formula is C21H26N2O6S. The summed E-state index contributed by atoms with van der Waals surface area (Å²) in [6, 6.07) is 11.3. The fourth-order valence-electron chi connectivity index (χ4n) is 3.37. The number of sulfonamides is 1. The van der Waals surface area contributed by atoms with Crippen LogP contribution in [0.25, 0.3) is 0 Å². The van der Waals surface area contributed by atoms with E-state index in [1.165, 1.54) is 4.90 Å². The number of rotatable bonds is 7. The van der Waals surface area contributed by atoms with Crippen LogP contribution in [0.2, 0.25) is 0 Å². The monoisotopic (exact) mass is 434 g/mol. The summed E-state index contributed by atoms with van der Waals surface area (Å²) in [5.41, 5.74) is 1.25. The van der Waals surface area contributed by atoms with Gasteiger partial charge in [0.25, 0.3) is 0 Å². The molecule has 162 valence electrons. The molecule has 1 aliphatic rings. The maximum absolute atomic E-state index is 13.1. The maximum Gasteiger partial charge on any atom is 0.246 e. The van der Waals surface area contributed by atoms with E-state index < -0.39 is 16.1 Å². The van der Waals surface area contributed by atoms with E-state index in [1.807, 2.05) is 24.3 Å². The smallest absolute Gasteiger partial charge is 0.246 e. The highest BCUT2D eigenvalue weighted by atomic mass is 32.2. The van der Waals surface area contributed by atoms with Crippen molar-refractivity contribution in [1.82, 2.24) is 4.90 Å². The van der Waals surface area contributed by atoms with Gasteiger partial charge in [0.1, 0.15) is 25.0 Å². The van der Waals surface area contributed by atoms with E-state index in [0.717, 1.165) is 21.9 Å². The number of hydrogen-bond acceptors (Lipinski definition) is 6. The van der Waals surface area contributed by atoms with Crippen molar-refractivity contribution in [2.75, 3.05) is 37.9 Å². The van der Waals surface area contributed by atoms with Gasteiger partial charge >= 0.3 is 0 Å². The van der Waals surface area contributed by atoms with Gasteiger partial charge in [-0.15, -0.1) is 0 Å². The molecule has 30 heavy (non-hydrogen) atoms. The summed E-state index contributed by atoms with van der Waals surface area (Å²) in [5, 5.41) is 0. The molecule has 0 fully saturated rings. The lowest BCUT2D eigenvalue weighted by Crippen LogP contribution is -2.48. The number of ether oxygens (including phenoxy) is 3. The van der Waals surface area contributed by atoms with Crippen LogP contribution in [0, 0.1) is 0 Å². The van der Waals surface area contributed by atoms with Gasteiger partial charge < -0.3 is 19.1 Å². The van der Waals surface area contributed by atoms with Crippen LogP contribution in [-0.4, -0.2) is 58.9 Å². The summed E-state index contributed by atoms with van der Waals surface area (Å²) >= 11 is 0. The molecule has 1 heterocycles. The van der Waals surface area contributed by atoms with Gasteiger partial charge in [-0.05, 0) is 36.8 Å². The third-order valence-electron chi connectivity index (χ3n) is 4.80. The lowest BCUT2D eigenvalue weighted by atomic mass is 10.2. The second kappa shape index (κ2) is 8.83. The predicted octanol–water partition coefficient (Wildman–Crippen LogP) is 2.28. The first-order chi connectivity index (χ1) is 14.2. The summed E-state index contributed by atoms with van der Waals surface area (Å²) in [6.07, 6.45) is 1.08. The van der Waals surface area contributed by atoms with Crippen molar-refractivity contribution >= 4 is 21.6 Å². The number of benzene rings is 2. The van der Waals surface area contributed by atoms with Gasteiger partial charge in [-0.25, -0.2) is 8.42 Å². The first-order valence-electron chi connectivity index (χ1n) is 9.47. The first-order valence-corrected chi connectivity index (χ1v) is 11.3. The zero-order chi connectivity index (χ0) is 21.9. The van der Waals surface area contributed by atoms with Crippen LogP contribution in [0.4, 0.5) is 5.69 Å². The summed E-state index contributed by atoms with van der Waals surface area (Å²) in [5.74, 6) is 1.40. The largest absolute Gasteiger partial charge is 0.497 e. The molecule has 1 aliphatic heterocycles. The summed E-state index contributed by atoms with van der Waals surface area (Å²) < 4.78 is 42.4. The van der Waals surface area contributed by atoms with Gasteiger partial charge in [-0.2, -0.15) is 0 Å². The number of carbonyl (C=O) groups is 1. The van der Waals surface area contributed by atoms with E-state index in [-0.39, 0.29) is 5.91 Å². The van der Waals surface area contributed by atoms with Crippen LogP contribution in [0.5, 0.6) is 17.2 Å². The van der Waals surface area contributed by atoms with E-state index in [0.29, 0.717) is 36.9 Å². The number of fused-ring (bicyclic) bond motifs is 1. The van der Waals surface area contributed by atoms with Crippen LogP contribution < -0.4 is 18.5 Å². The number of hydrogen-bond donors (Lipinski definition) is 0. The molecule has 1 atom stereocenters. The molecule has 0 radical (unpaired) electrons. The molecule has 3 rings (SSSR count). The Kier molecular flexibility index (Phi) is 6.40. The summed E-state index contributed by atoms with van der Waals surface area (Å²) in [7, 11) is -0.498. The summed E-state index contributed by atoms with van der Waals surface area (Å²) in [4.78, 5) is 14.6. The van der Waals surface area contributed by atoms with Gasteiger partial charge in [0, 0.05) is 19.7 Å². The highest BCUT2D eigenvalue weighted by Crippen LogP contribution is 2.35. The van der Waals surface area contributed by atoms with Gasteiger partial charge in [-0.1, -0.05) is 12.1 Å². The van der Waals surface area contributed by atoms with Crippen molar-refractivity contribution in [3.05, 3.63) is 48.0 Å². The van der Waals surface area contributed by atoms with Crippen molar-refractivity contribution in [2.45, 2.75) is 19.5 Å². The molecule has 0 saturated carbocycles. The number of anilines is 1. The van der Waals surface area contributed by atoms with Crippen molar-refractivity contribution in [1.29, 1.82) is 0 Å². The standard InChI is InChI=1S/C21H26N2O6S/c1-15(21(24)22(2)14-16-5-8-18(27-3)9-6-16)23(30(4,25)26)17-7-10-19-20(13-17)29-12-11-28-19/h5-10,13,15H,11-12,14H2,1-4H3/t15-/m0/s1. The van der Waals surface area contributed by atoms with Crippen molar-refractivity contribution in [3.63, 3.8) is 0 Å². The van der Waals surface area contributed by atoms with Gasteiger partial charge in [0.05, 0.1) is 19.1 Å². The average Bonchev–Trinajstić information content (AvgIpc) is 2.72. The van der Waals surface area contributed by atoms with Crippen LogP contribution in [-0.2, 0) is 21.4 Å². The van der Waals surface area contributed by atoms with E-state index in [9.17, 15) is 13.2 Å². The van der Waals surface area contributed by atoms with Crippen LogP contribution in [0.1, 0.15) is 12.5 Å². The van der Waals surface area contributed by atoms with Gasteiger partial charge in [-0.3, -0.25) is 9.10 Å². The highest BCUT2D eigenvalue weighted by Gasteiger charge is 2.32. The second-order valence-electron chi connectivity index (χ2n) is 7.11. The van der Waals surface area contributed by atoms with E-state index in [4.69, 9.17) is 14.2 Å². The third-order valence-corrected chi connectivity index (χ3v) is 6.04. The minimum Gasteiger partial charge on any atom is -0.497 e. The van der Waals surface area contributed by atoms with E-state index >= 15 is 0 Å². The average molecular weight is 435 g/mol. The molecule has 2 aromatic rings. The maximum atomic E-state index is 13.1. The Morgan fingerprint density at radius 2 is 1.73 bits per heavy atom. The fraction of sp³-hybridized carbons (Fsp3) is 0.381. The molecule has 0 N–H and O–H groups in total. The van der Waals surface area contributed by atoms with E-state index in [2.05, 4.69) is 0 Å². The Hall–Kier alpha value is -2.94. The Balaban J connectivity index is 1.82. The minimum atomic E-state index is -3.73. The quantitative estimate of drug-likeness (QED) is 0.665. The molecule has 8 nitrogen and oxygen atoms in total. The molecule has 0 bridgehead atoms. The second-order valence-corrected chi connectivity index (χ2v) is 8.96. The topological polar surface area (TPSA) is 85.4 Å². The molecule has 0 saturated heterocycles. The normalized spacial score (nSPS) is 14.0. The zero-order valence-electron chi connectivity index (χ0n) is 17.5. The minimum absolute atomic E-state index is 0.328. The number of methoxy groups -OCH3 is 1. The molecule has 0 spiro atoms. The SMILES string of the molecule is COc1ccc(CN(C)C(=O)[C@H](C)N(c2ccc3c(c2)OCCO3)S(C)(=O)=O)cc1. The predicted molar refractivity (Wildman–Crippen MR) is 114 cm³/mol. The van der Waals surface area contributed by atoms with Crippen molar-refractivity contribution in [2.24, 2.45) is 0 Å².